The summed E-state index contributed by atoms with van der Waals surface area (Å²) in [5.74, 6) is -0.532. The Morgan fingerprint density at radius 1 is 1.09 bits per heavy atom. The highest BCUT2D eigenvalue weighted by atomic mass is 32.2. The van der Waals surface area contributed by atoms with Gasteiger partial charge in [0.15, 0.2) is 22.4 Å². The van der Waals surface area contributed by atoms with Gasteiger partial charge in [0.05, 0.1) is 17.2 Å². The topological polar surface area (TPSA) is 76.1 Å². The summed E-state index contributed by atoms with van der Waals surface area (Å²) in [6.45, 7) is 1.74. The van der Waals surface area contributed by atoms with Crippen molar-refractivity contribution in [3.05, 3.63) is 71.1 Å². The molecule has 0 unspecified atom stereocenters. The van der Waals surface area contributed by atoms with Gasteiger partial charge in [0.25, 0.3) is 5.91 Å². The van der Waals surface area contributed by atoms with Crippen LogP contribution in [0.4, 0.5) is 5.69 Å². The Balaban J connectivity index is 1.65. The summed E-state index contributed by atoms with van der Waals surface area (Å²) in [5, 5.41) is 10.8. The quantitative estimate of drug-likeness (QED) is 0.384. The number of carbonyl (C=O) groups excluding carboxylic acids is 1. The number of anilines is 1. The van der Waals surface area contributed by atoms with Gasteiger partial charge in [-0.05, 0) is 42.1 Å². The molecule has 0 bridgehead atoms. The van der Waals surface area contributed by atoms with Gasteiger partial charge in [0.2, 0.25) is 0 Å². The van der Waals surface area contributed by atoms with E-state index < -0.39 is 12.6 Å². The van der Waals surface area contributed by atoms with Crippen LogP contribution in [0.5, 0.6) is 11.5 Å². The van der Waals surface area contributed by atoms with E-state index in [4.69, 9.17) is 26.8 Å². The van der Waals surface area contributed by atoms with Gasteiger partial charge < -0.3 is 14.6 Å². The van der Waals surface area contributed by atoms with E-state index in [9.17, 15) is 9.59 Å². The Kier molecular flexibility index (Phi) is 6.43. The Morgan fingerprint density at radius 2 is 1.88 bits per heavy atom. The minimum Gasteiger partial charge on any atom is -0.490 e. The number of amides is 1. The number of thiocarbonyl (C=S) groups is 1. The zero-order chi connectivity index (χ0) is 22.7. The molecule has 0 aromatic heterocycles. The first kappa shape index (κ1) is 21.9. The molecule has 0 saturated carbocycles. The fourth-order valence-corrected chi connectivity index (χ4v) is 4.66. The van der Waals surface area contributed by atoms with Crippen molar-refractivity contribution >= 4 is 62.7 Å². The van der Waals surface area contributed by atoms with E-state index >= 15 is 0 Å². The Bertz CT molecular complexity index is 1250. The van der Waals surface area contributed by atoms with Crippen LogP contribution in [0, 0.1) is 0 Å². The summed E-state index contributed by atoms with van der Waals surface area (Å²) < 4.78 is 11.3. The predicted molar refractivity (Wildman–Crippen MR) is 130 cm³/mol. The number of fused-ring (bicyclic) bond motifs is 1. The van der Waals surface area contributed by atoms with E-state index in [2.05, 4.69) is 0 Å². The third-order valence-corrected chi connectivity index (χ3v) is 6.02. The number of nitrogens with zero attached hydrogens (tertiary/aromatic N) is 1. The summed E-state index contributed by atoms with van der Waals surface area (Å²) in [6.07, 6.45) is 1.74. The predicted octanol–water partition coefficient (Wildman–Crippen LogP) is 5.11. The SMILES string of the molecule is CCOc1cc(/C=C2\SC(=S)N(c3cccc4ccccc34)C2=O)ccc1OCC(=O)O. The van der Waals surface area contributed by atoms with Crippen LogP contribution >= 0.6 is 24.0 Å². The molecule has 3 aromatic carbocycles. The molecule has 1 aliphatic heterocycles. The monoisotopic (exact) mass is 465 g/mol. The number of aliphatic carboxylic acids is 1. The molecule has 1 N–H and O–H groups in total. The van der Waals surface area contributed by atoms with E-state index in [1.807, 2.05) is 49.4 Å². The molecule has 8 heteroatoms. The second-order valence-corrected chi connectivity index (χ2v) is 8.51. The lowest BCUT2D eigenvalue weighted by molar-refractivity contribution is -0.139. The van der Waals surface area contributed by atoms with Gasteiger partial charge in [0.1, 0.15) is 0 Å². The highest BCUT2D eigenvalue weighted by Crippen LogP contribution is 2.39. The molecule has 1 amide bonds. The standard InChI is InChI=1S/C24H19NO5S2/c1-2-29-20-12-15(10-11-19(20)30-14-22(26)27)13-21-23(28)25(24(31)32-21)18-9-5-7-16-6-3-4-8-17(16)18/h3-13H,2,14H2,1H3,(H,26,27)/b21-13-. The average Bonchev–Trinajstić information content (AvgIpc) is 3.05. The fourth-order valence-electron chi connectivity index (χ4n) is 3.37. The fraction of sp³-hybridized carbons (Fsp3) is 0.125. The zero-order valence-corrected chi connectivity index (χ0v) is 18.7. The van der Waals surface area contributed by atoms with Gasteiger partial charge >= 0.3 is 5.97 Å². The summed E-state index contributed by atoms with van der Waals surface area (Å²) in [4.78, 5) is 26.1. The summed E-state index contributed by atoms with van der Waals surface area (Å²) in [5.41, 5.74) is 1.47. The summed E-state index contributed by atoms with van der Waals surface area (Å²) in [6, 6.07) is 18.7. The average molecular weight is 466 g/mol. The zero-order valence-electron chi connectivity index (χ0n) is 17.1. The van der Waals surface area contributed by atoms with Gasteiger partial charge in [-0.25, -0.2) is 4.79 Å². The third-order valence-electron chi connectivity index (χ3n) is 4.72. The first-order chi connectivity index (χ1) is 15.5. The molecule has 0 atom stereocenters. The first-order valence-corrected chi connectivity index (χ1v) is 11.1. The Morgan fingerprint density at radius 3 is 2.66 bits per heavy atom. The molecule has 6 nitrogen and oxygen atoms in total. The van der Waals surface area contributed by atoms with Crippen molar-refractivity contribution in [3.63, 3.8) is 0 Å². The molecule has 0 radical (unpaired) electrons. The number of rotatable bonds is 7. The maximum atomic E-state index is 13.2. The maximum absolute atomic E-state index is 13.2. The molecular weight excluding hydrogens is 446 g/mol. The van der Waals surface area contributed by atoms with Crippen LogP contribution in [0.3, 0.4) is 0 Å². The molecular formula is C24H19NO5S2. The highest BCUT2D eigenvalue weighted by Gasteiger charge is 2.34. The van der Waals surface area contributed by atoms with Crippen LogP contribution in [0.15, 0.2) is 65.6 Å². The van der Waals surface area contributed by atoms with E-state index in [1.54, 1.807) is 29.2 Å². The Labute approximate surface area is 194 Å². The minimum absolute atomic E-state index is 0.194. The molecule has 3 aromatic rings. The molecule has 1 aliphatic rings. The van der Waals surface area contributed by atoms with Gasteiger partial charge in [-0.15, -0.1) is 0 Å². The number of thioether (sulfide) groups is 1. The minimum atomic E-state index is -1.08. The Hall–Kier alpha value is -3.36. The van der Waals surface area contributed by atoms with E-state index in [1.165, 1.54) is 11.8 Å². The molecule has 162 valence electrons. The molecule has 1 saturated heterocycles. The van der Waals surface area contributed by atoms with Gasteiger partial charge in [-0.2, -0.15) is 0 Å². The van der Waals surface area contributed by atoms with Crippen molar-refractivity contribution in [2.45, 2.75) is 6.92 Å². The lowest BCUT2D eigenvalue weighted by atomic mass is 10.1. The number of carboxylic acids is 1. The highest BCUT2D eigenvalue weighted by molar-refractivity contribution is 8.27. The molecule has 32 heavy (non-hydrogen) atoms. The van der Waals surface area contributed by atoms with Gasteiger partial charge in [-0.3, -0.25) is 9.69 Å². The lowest BCUT2D eigenvalue weighted by Crippen LogP contribution is -2.27. The number of ether oxygens (including phenoxy) is 2. The van der Waals surface area contributed by atoms with Gasteiger partial charge in [-0.1, -0.05) is 66.4 Å². The van der Waals surface area contributed by atoms with Crippen molar-refractivity contribution in [3.8, 4) is 11.5 Å². The number of benzene rings is 3. The lowest BCUT2D eigenvalue weighted by Gasteiger charge is -2.17. The number of hydrogen-bond acceptors (Lipinski definition) is 6. The smallest absolute Gasteiger partial charge is 0.341 e. The van der Waals surface area contributed by atoms with Gasteiger partial charge in [0, 0.05) is 5.39 Å². The molecule has 0 spiro atoms. The van der Waals surface area contributed by atoms with Crippen LogP contribution in [0.2, 0.25) is 0 Å². The summed E-state index contributed by atoms with van der Waals surface area (Å²) in [7, 11) is 0. The molecule has 4 rings (SSSR count). The van der Waals surface area contributed by atoms with Crippen LogP contribution in [-0.4, -0.2) is 34.5 Å². The largest absolute Gasteiger partial charge is 0.490 e. The van der Waals surface area contributed by atoms with E-state index in [-0.39, 0.29) is 5.91 Å². The van der Waals surface area contributed by atoms with E-state index in [0.717, 1.165) is 22.0 Å². The molecule has 1 fully saturated rings. The molecule has 1 heterocycles. The molecule has 0 aliphatic carbocycles. The van der Waals surface area contributed by atoms with Crippen molar-refractivity contribution < 1.29 is 24.2 Å². The van der Waals surface area contributed by atoms with Crippen molar-refractivity contribution in [1.29, 1.82) is 0 Å². The van der Waals surface area contributed by atoms with Crippen LogP contribution in [-0.2, 0) is 9.59 Å². The third kappa shape index (κ3) is 4.46. The maximum Gasteiger partial charge on any atom is 0.341 e. The normalized spacial score (nSPS) is 14.9. The van der Waals surface area contributed by atoms with Crippen molar-refractivity contribution in [1.82, 2.24) is 0 Å². The van der Waals surface area contributed by atoms with Crippen molar-refractivity contribution in [2.75, 3.05) is 18.1 Å². The number of carboxylic acid groups (broad SMARTS) is 1. The van der Waals surface area contributed by atoms with Crippen LogP contribution < -0.4 is 14.4 Å². The van der Waals surface area contributed by atoms with Crippen LogP contribution in [0.1, 0.15) is 12.5 Å². The number of carbonyl (C=O) groups is 2. The number of hydrogen-bond donors (Lipinski definition) is 1. The van der Waals surface area contributed by atoms with E-state index in [0.29, 0.717) is 27.3 Å². The second-order valence-electron chi connectivity index (χ2n) is 6.84. The second kappa shape index (κ2) is 9.42. The first-order valence-electron chi connectivity index (χ1n) is 9.85. The van der Waals surface area contributed by atoms with Crippen LogP contribution in [0.25, 0.3) is 16.8 Å². The van der Waals surface area contributed by atoms with Crippen molar-refractivity contribution in [2.24, 2.45) is 0 Å². The summed E-state index contributed by atoms with van der Waals surface area (Å²) >= 11 is 6.77.